The Labute approximate surface area is 128 Å². The van der Waals surface area contributed by atoms with Gasteiger partial charge >= 0.3 is 0 Å². The Balaban J connectivity index is 2.25. The van der Waals surface area contributed by atoms with Gasteiger partial charge in [-0.2, -0.15) is 0 Å². The van der Waals surface area contributed by atoms with Crippen molar-refractivity contribution in [2.75, 3.05) is 26.2 Å². The minimum atomic E-state index is -0.0407. The van der Waals surface area contributed by atoms with Crippen molar-refractivity contribution in [2.24, 2.45) is 11.5 Å². The number of benzene rings is 1. The number of amides is 1. The molecule has 0 saturated heterocycles. The quantitative estimate of drug-likeness (QED) is 0.846. The Morgan fingerprint density at radius 3 is 2.57 bits per heavy atom. The molecule has 0 aliphatic carbocycles. The largest absolute Gasteiger partial charge is 0.336 e. The predicted molar refractivity (Wildman–Crippen MR) is 86.3 cm³/mol. The van der Waals surface area contributed by atoms with Crippen LogP contribution in [0.2, 0.25) is 0 Å². The number of rotatable bonds is 6. The molecule has 1 amide bonds. The fraction of sp³-hybridized carbons (Fsp3) is 0.333. The topological polar surface area (TPSA) is 85.2 Å². The van der Waals surface area contributed by atoms with Crippen molar-refractivity contribution >= 4 is 17.2 Å². The highest BCUT2D eigenvalue weighted by atomic mass is 32.1. The fourth-order valence-corrected chi connectivity index (χ4v) is 2.88. The molecule has 2 rings (SSSR count). The fourth-order valence-electron chi connectivity index (χ4n) is 2.08. The minimum Gasteiger partial charge on any atom is -0.336 e. The monoisotopic (exact) mass is 304 g/mol. The second-order valence-electron chi connectivity index (χ2n) is 4.74. The van der Waals surface area contributed by atoms with E-state index < -0.39 is 0 Å². The molecule has 0 fully saturated rings. The summed E-state index contributed by atoms with van der Waals surface area (Å²) >= 11 is 1.58. The lowest BCUT2D eigenvalue weighted by molar-refractivity contribution is 0.0765. The highest BCUT2D eigenvalue weighted by Gasteiger charge is 2.15. The summed E-state index contributed by atoms with van der Waals surface area (Å²) in [5.74, 6) is -0.0407. The number of hydrogen-bond acceptors (Lipinski definition) is 5. The van der Waals surface area contributed by atoms with E-state index >= 15 is 0 Å². The smallest absolute Gasteiger partial charge is 0.253 e. The number of aromatic nitrogens is 1. The molecule has 0 radical (unpaired) electrons. The molecule has 4 N–H and O–H groups in total. The Morgan fingerprint density at radius 1 is 1.29 bits per heavy atom. The van der Waals surface area contributed by atoms with Crippen LogP contribution in [-0.2, 0) is 0 Å². The first-order valence-corrected chi connectivity index (χ1v) is 7.75. The van der Waals surface area contributed by atoms with Gasteiger partial charge in [-0.1, -0.05) is 12.1 Å². The van der Waals surface area contributed by atoms with E-state index in [-0.39, 0.29) is 5.91 Å². The summed E-state index contributed by atoms with van der Waals surface area (Å²) in [6.45, 7) is 3.83. The third-order valence-corrected chi connectivity index (χ3v) is 4.07. The van der Waals surface area contributed by atoms with Crippen molar-refractivity contribution in [3.8, 4) is 10.6 Å². The number of thiazole rings is 1. The molecule has 0 aliphatic heterocycles. The molecule has 0 atom stereocenters. The van der Waals surface area contributed by atoms with Gasteiger partial charge in [0.2, 0.25) is 0 Å². The van der Waals surface area contributed by atoms with E-state index in [1.165, 1.54) is 0 Å². The molecule has 21 heavy (non-hydrogen) atoms. The van der Waals surface area contributed by atoms with Gasteiger partial charge in [-0.25, -0.2) is 4.98 Å². The highest BCUT2D eigenvalue weighted by molar-refractivity contribution is 7.13. The molecular weight excluding hydrogens is 284 g/mol. The number of hydrogen-bond donors (Lipinski definition) is 2. The van der Waals surface area contributed by atoms with Crippen LogP contribution in [0.15, 0.2) is 29.6 Å². The minimum absolute atomic E-state index is 0.0407. The number of nitrogens with two attached hydrogens (primary N) is 2. The van der Waals surface area contributed by atoms with Crippen LogP contribution in [0.3, 0.4) is 0 Å². The first kappa shape index (κ1) is 15.6. The summed E-state index contributed by atoms with van der Waals surface area (Å²) in [7, 11) is 0. The van der Waals surface area contributed by atoms with Crippen molar-refractivity contribution in [1.82, 2.24) is 9.88 Å². The van der Waals surface area contributed by atoms with E-state index in [4.69, 9.17) is 11.5 Å². The second-order valence-corrected chi connectivity index (χ2v) is 5.60. The van der Waals surface area contributed by atoms with Gasteiger partial charge in [0.25, 0.3) is 5.91 Å². The lowest BCUT2D eigenvalue weighted by atomic mass is 10.1. The molecule has 5 nitrogen and oxygen atoms in total. The van der Waals surface area contributed by atoms with Crippen molar-refractivity contribution < 1.29 is 4.79 Å². The molecule has 0 unspecified atom stereocenters. The van der Waals surface area contributed by atoms with Crippen LogP contribution in [-0.4, -0.2) is 42.0 Å². The van der Waals surface area contributed by atoms with E-state index in [9.17, 15) is 4.79 Å². The summed E-state index contributed by atoms with van der Waals surface area (Å²) in [5, 5.41) is 2.92. The molecule has 1 heterocycles. The van der Waals surface area contributed by atoms with Gasteiger partial charge < -0.3 is 16.4 Å². The van der Waals surface area contributed by atoms with Gasteiger partial charge in [-0.05, 0) is 19.1 Å². The third kappa shape index (κ3) is 3.87. The molecule has 2 aromatic rings. The van der Waals surface area contributed by atoms with E-state index in [1.807, 2.05) is 36.6 Å². The standard InChI is InChI=1S/C15H20N4OS/c1-11-10-21-14(18-11)12-3-2-4-13(9-12)15(20)19(7-5-16)8-6-17/h2-4,9-10H,5-8,16-17H2,1H3. The van der Waals surface area contributed by atoms with Crippen LogP contribution in [0.5, 0.6) is 0 Å². The first-order chi connectivity index (χ1) is 10.2. The van der Waals surface area contributed by atoms with Crippen LogP contribution in [0.4, 0.5) is 0 Å². The van der Waals surface area contributed by atoms with Crippen LogP contribution in [0, 0.1) is 6.92 Å². The van der Waals surface area contributed by atoms with Gasteiger partial charge in [-0.3, -0.25) is 4.79 Å². The highest BCUT2D eigenvalue weighted by Crippen LogP contribution is 2.24. The van der Waals surface area contributed by atoms with Gasteiger partial charge in [-0.15, -0.1) is 11.3 Å². The number of carbonyl (C=O) groups is 1. The molecule has 0 saturated carbocycles. The summed E-state index contributed by atoms with van der Waals surface area (Å²) < 4.78 is 0. The SMILES string of the molecule is Cc1csc(-c2cccc(C(=O)N(CCN)CCN)c2)n1. The third-order valence-electron chi connectivity index (χ3n) is 3.06. The molecule has 0 spiro atoms. The van der Waals surface area contributed by atoms with Crippen LogP contribution < -0.4 is 11.5 Å². The first-order valence-electron chi connectivity index (χ1n) is 6.87. The normalized spacial score (nSPS) is 10.6. The maximum atomic E-state index is 12.5. The molecule has 1 aromatic heterocycles. The Morgan fingerprint density at radius 2 is 2.00 bits per heavy atom. The molecule has 0 bridgehead atoms. The van der Waals surface area contributed by atoms with Crippen molar-refractivity contribution in [3.63, 3.8) is 0 Å². The number of aryl methyl sites for hydroxylation is 1. The Hall–Kier alpha value is -1.76. The summed E-state index contributed by atoms with van der Waals surface area (Å²) in [6, 6.07) is 7.53. The summed E-state index contributed by atoms with van der Waals surface area (Å²) in [5.41, 5.74) is 13.7. The van der Waals surface area contributed by atoms with E-state index in [1.54, 1.807) is 16.2 Å². The van der Waals surface area contributed by atoms with Gasteiger partial charge in [0.05, 0.1) is 0 Å². The average molecular weight is 304 g/mol. The van der Waals surface area contributed by atoms with Gasteiger partial charge in [0, 0.05) is 48.4 Å². The maximum absolute atomic E-state index is 12.5. The zero-order valence-electron chi connectivity index (χ0n) is 12.1. The van der Waals surface area contributed by atoms with Crippen LogP contribution in [0.25, 0.3) is 10.6 Å². The molecule has 112 valence electrons. The molecule has 1 aromatic carbocycles. The van der Waals surface area contributed by atoms with E-state index in [2.05, 4.69) is 4.98 Å². The number of carbonyl (C=O) groups excluding carboxylic acids is 1. The van der Waals surface area contributed by atoms with Gasteiger partial charge in [0.1, 0.15) is 5.01 Å². The molecule has 6 heteroatoms. The lowest BCUT2D eigenvalue weighted by Gasteiger charge is -2.21. The maximum Gasteiger partial charge on any atom is 0.253 e. The van der Waals surface area contributed by atoms with Gasteiger partial charge in [0.15, 0.2) is 0 Å². The Kier molecular flexibility index (Phi) is 5.44. The predicted octanol–water partition coefficient (Wildman–Crippen LogP) is 1.48. The van der Waals surface area contributed by atoms with E-state index in [0.717, 1.165) is 16.3 Å². The zero-order valence-corrected chi connectivity index (χ0v) is 12.9. The van der Waals surface area contributed by atoms with Crippen molar-refractivity contribution in [2.45, 2.75) is 6.92 Å². The zero-order chi connectivity index (χ0) is 15.2. The second kappa shape index (κ2) is 7.31. The lowest BCUT2D eigenvalue weighted by Crippen LogP contribution is -2.38. The number of nitrogens with zero attached hydrogens (tertiary/aromatic N) is 2. The summed E-state index contributed by atoms with van der Waals surface area (Å²) in [4.78, 5) is 18.7. The summed E-state index contributed by atoms with van der Waals surface area (Å²) in [6.07, 6.45) is 0. The average Bonchev–Trinajstić information content (AvgIpc) is 2.93. The molecular formula is C15H20N4OS. The Bertz CT molecular complexity index is 605. The van der Waals surface area contributed by atoms with Crippen molar-refractivity contribution in [1.29, 1.82) is 0 Å². The van der Waals surface area contributed by atoms with Crippen molar-refractivity contribution in [3.05, 3.63) is 40.9 Å². The van der Waals surface area contributed by atoms with Crippen LogP contribution >= 0.6 is 11.3 Å². The molecule has 0 aliphatic rings. The van der Waals surface area contributed by atoms with Crippen LogP contribution in [0.1, 0.15) is 16.1 Å². The van der Waals surface area contributed by atoms with E-state index in [0.29, 0.717) is 31.7 Å².